The molecule has 1 unspecified atom stereocenters. The van der Waals surface area contributed by atoms with Gasteiger partial charge in [-0.1, -0.05) is 15.9 Å². The molecule has 0 saturated heterocycles. The molecular formula is C9H6BrF4NO3. The van der Waals surface area contributed by atoms with Gasteiger partial charge in [0.15, 0.2) is 5.75 Å². The van der Waals surface area contributed by atoms with Crippen LogP contribution in [0, 0.1) is 15.9 Å². The third-order valence-electron chi connectivity index (χ3n) is 1.86. The second kappa shape index (κ2) is 5.51. The highest BCUT2D eigenvalue weighted by Gasteiger charge is 2.38. The van der Waals surface area contributed by atoms with Gasteiger partial charge in [0.25, 0.3) is 0 Å². The van der Waals surface area contributed by atoms with Gasteiger partial charge in [0, 0.05) is 12.1 Å². The van der Waals surface area contributed by atoms with Crippen LogP contribution in [0.1, 0.15) is 0 Å². The lowest BCUT2D eigenvalue weighted by Gasteiger charge is -2.14. The Balaban J connectivity index is 2.84. The largest absolute Gasteiger partial charge is 0.485 e. The van der Waals surface area contributed by atoms with Gasteiger partial charge in [-0.2, -0.15) is 13.2 Å². The third kappa shape index (κ3) is 3.83. The van der Waals surface area contributed by atoms with Crippen molar-refractivity contribution in [2.75, 3.05) is 6.61 Å². The number of nitrogens with zero attached hydrogens (tertiary/aromatic N) is 1. The van der Waals surface area contributed by atoms with Gasteiger partial charge in [-0.05, 0) is 6.07 Å². The molecule has 0 aliphatic heterocycles. The number of ether oxygens (including phenoxy) is 1. The van der Waals surface area contributed by atoms with E-state index in [2.05, 4.69) is 20.7 Å². The lowest BCUT2D eigenvalue weighted by atomic mass is 10.3. The minimum absolute atomic E-state index is 0.548. The van der Waals surface area contributed by atoms with Crippen molar-refractivity contribution in [1.82, 2.24) is 0 Å². The molecule has 18 heavy (non-hydrogen) atoms. The van der Waals surface area contributed by atoms with E-state index in [4.69, 9.17) is 0 Å². The van der Waals surface area contributed by atoms with E-state index in [-0.39, 0.29) is 0 Å². The second-order valence-corrected chi connectivity index (χ2v) is 4.29. The van der Waals surface area contributed by atoms with Crippen molar-refractivity contribution in [1.29, 1.82) is 0 Å². The first-order chi connectivity index (χ1) is 8.21. The van der Waals surface area contributed by atoms with Crippen molar-refractivity contribution in [2.24, 2.45) is 0 Å². The summed E-state index contributed by atoms with van der Waals surface area (Å²) in [6, 6.07) is 2.30. The molecule has 0 saturated carbocycles. The van der Waals surface area contributed by atoms with Gasteiger partial charge in [-0.3, -0.25) is 10.1 Å². The molecule has 0 aliphatic carbocycles. The van der Waals surface area contributed by atoms with Crippen LogP contribution < -0.4 is 4.74 Å². The smallest absolute Gasteiger partial charge is 0.404 e. The maximum absolute atomic E-state index is 12.8. The fraction of sp³-hybridized carbons (Fsp3) is 0.333. The Bertz CT molecular complexity index is 452. The Morgan fingerprint density at radius 2 is 2.06 bits per heavy atom. The van der Waals surface area contributed by atoms with E-state index >= 15 is 0 Å². The van der Waals surface area contributed by atoms with Crippen LogP contribution >= 0.6 is 15.9 Å². The molecule has 0 aromatic heterocycles. The summed E-state index contributed by atoms with van der Waals surface area (Å²) in [7, 11) is 0. The van der Waals surface area contributed by atoms with Crippen LogP contribution in [0.15, 0.2) is 18.2 Å². The van der Waals surface area contributed by atoms with E-state index in [1.807, 2.05) is 0 Å². The van der Waals surface area contributed by atoms with Crippen LogP contribution in [0.25, 0.3) is 0 Å². The van der Waals surface area contributed by atoms with Crippen molar-refractivity contribution in [2.45, 2.75) is 11.0 Å². The first-order valence-electron chi connectivity index (χ1n) is 4.49. The Labute approximate surface area is 107 Å². The maximum atomic E-state index is 12.8. The highest BCUT2D eigenvalue weighted by Crippen LogP contribution is 2.31. The van der Waals surface area contributed by atoms with Crippen molar-refractivity contribution in [3.63, 3.8) is 0 Å². The number of halogens is 5. The molecule has 0 radical (unpaired) electrons. The molecule has 0 aliphatic rings. The van der Waals surface area contributed by atoms with Gasteiger partial charge in [-0.15, -0.1) is 0 Å². The van der Waals surface area contributed by atoms with Gasteiger partial charge < -0.3 is 4.74 Å². The summed E-state index contributed by atoms with van der Waals surface area (Å²) in [4.78, 5) is 7.68. The number of rotatable bonds is 4. The summed E-state index contributed by atoms with van der Waals surface area (Å²) in [6.45, 7) is -0.895. The van der Waals surface area contributed by atoms with Gasteiger partial charge in [0.05, 0.1) is 4.92 Å². The number of nitro groups is 1. The summed E-state index contributed by atoms with van der Waals surface area (Å²) >= 11 is 2.32. The van der Waals surface area contributed by atoms with E-state index < -0.39 is 39.8 Å². The van der Waals surface area contributed by atoms with Crippen LogP contribution in [-0.2, 0) is 0 Å². The Morgan fingerprint density at radius 3 is 2.56 bits per heavy atom. The highest BCUT2D eigenvalue weighted by molar-refractivity contribution is 9.09. The van der Waals surface area contributed by atoms with Crippen molar-refractivity contribution in [3.8, 4) is 5.75 Å². The van der Waals surface area contributed by atoms with E-state index in [0.717, 1.165) is 12.1 Å². The average Bonchev–Trinajstić information content (AvgIpc) is 2.24. The number of alkyl halides is 4. The summed E-state index contributed by atoms with van der Waals surface area (Å²) in [5.41, 5.74) is -0.599. The van der Waals surface area contributed by atoms with Crippen molar-refractivity contribution >= 4 is 21.6 Å². The minimum atomic E-state index is -4.55. The Kier molecular flexibility index (Phi) is 4.49. The fourth-order valence-electron chi connectivity index (χ4n) is 1.01. The lowest BCUT2D eigenvalue weighted by molar-refractivity contribution is -0.386. The first-order valence-corrected chi connectivity index (χ1v) is 5.41. The van der Waals surface area contributed by atoms with Crippen molar-refractivity contribution < 1.29 is 27.2 Å². The standard InChI is InChI=1S/C9H6BrF4NO3/c10-8(9(12,13)14)4-18-7-3-5(11)1-2-6(7)15(16)17/h1-3,8H,4H2. The van der Waals surface area contributed by atoms with Gasteiger partial charge in [0.2, 0.25) is 0 Å². The molecule has 100 valence electrons. The van der Waals surface area contributed by atoms with Crippen molar-refractivity contribution in [3.05, 3.63) is 34.1 Å². The molecular weight excluding hydrogens is 326 g/mol. The third-order valence-corrected chi connectivity index (χ3v) is 2.64. The quantitative estimate of drug-likeness (QED) is 0.367. The topological polar surface area (TPSA) is 52.4 Å². The SMILES string of the molecule is O=[N+]([O-])c1ccc(F)cc1OCC(Br)C(F)(F)F. The van der Waals surface area contributed by atoms with E-state index in [9.17, 15) is 27.7 Å². The highest BCUT2D eigenvalue weighted by atomic mass is 79.9. The second-order valence-electron chi connectivity index (χ2n) is 3.19. The lowest BCUT2D eigenvalue weighted by Crippen LogP contribution is -2.29. The zero-order chi connectivity index (χ0) is 13.9. The molecule has 1 aromatic carbocycles. The van der Waals surface area contributed by atoms with Gasteiger partial charge in [0.1, 0.15) is 17.3 Å². The van der Waals surface area contributed by atoms with Crippen LogP contribution in [0.3, 0.4) is 0 Å². The number of nitro benzene ring substituents is 1. The minimum Gasteiger partial charge on any atom is -0.485 e. The van der Waals surface area contributed by atoms with Gasteiger partial charge >= 0.3 is 11.9 Å². The molecule has 0 amide bonds. The normalized spacial score (nSPS) is 13.2. The van der Waals surface area contributed by atoms with Crippen LogP contribution in [0.2, 0.25) is 0 Å². The van der Waals surface area contributed by atoms with E-state index in [0.29, 0.717) is 6.07 Å². The molecule has 1 aromatic rings. The molecule has 1 rings (SSSR count). The Morgan fingerprint density at radius 1 is 1.44 bits per heavy atom. The summed E-state index contributed by atoms with van der Waals surface area (Å²) in [5.74, 6) is -1.39. The van der Waals surface area contributed by atoms with Crippen LogP contribution in [0.5, 0.6) is 5.75 Å². The molecule has 1 atom stereocenters. The fourth-order valence-corrected chi connectivity index (χ4v) is 1.14. The zero-order valence-electron chi connectivity index (χ0n) is 8.58. The first kappa shape index (κ1) is 14.7. The van der Waals surface area contributed by atoms with Crippen LogP contribution in [0.4, 0.5) is 23.2 Å². The maximum Gasteiger partial charge on any atom is 0.404 e. The molecule has 0 fully saturated rings. The average molecular weight is 332 g/mol. The molecule has 0 heterocycles. The number of benzene rings is 1. The summed E-state index contributed by atoms with van der Waals surface area (Å²) in [5, 5.41) is 10.5. The molecule has 0 bridgehead atoms. The zero-order valence-corrected chi connectivity index (χ0v) is 10.2. The number of hydrogen-bond donors (Lipinski definition) is 0. The van der Waals surface area contributed by atoms with E-state index in [1.165, 1.54) is 0 Å². The molecule has 4 nitrogen and oxygen atoms in total. The molecule has 0 spiro atoms. The van der Waals surface area contributed by atoms with E-state index in [1.54, 1.807) is 0 Å². The monoisotopic (exact) mass is 331 g/mol. The predicted molar refractivity (Wildman–Crippen MR) is 57.3 cm³/mol. The molecule has 9 heteroatoms. The van der Waals surface area contributed by atoms with Gasteiger partial charge in [-0.25, -0.2) is 4.39 Å². The Hall–Kier alpha value is -1.38. The summed E-state index contributed by atoms with van der Waals surface area (Å²) in [6.07, 6.45) is -4.55. The molecule has 0 N–H and O–H groups in total. The summed E-state index contributed by atoms with van der Waals surface area (Å²) < 4.78 is 53.9. The van der Waals surface area contributed by atoms with Crippen LogP contribution in [-0.4, -0.2) is 22.5 Å². The predicted octanol–water partition coefficient (Wildman–Crippen LogP) is 3.44. The number of hydrogen-bond acceptors (Lipinski definition) is 3.